The Kier molecular flexibility index (Phi) is 7.61. The van der Waals surface area contributed by atoms with Crippen molar-refractivity contribution in [2.24, 2.45) is 0 Å². The van der Waals surface area contributed by atoms with Gasteiger partial charge in [-0.1, -0.05) is 6.92 Å². The predicted octanol–water partition coefficient (Wildman–Crippen LogP) is 3.28. The Labute approximate surface area is 102 Å². The van der Waals surface area contributed by atoms with Crippen LogP contribution in [0.5, 0.6) is 0 Å². The third-order valence-corrected chi connectivity index (χ3v) is 2.15. The molecule has 110 valence electrons. The summed E-state index contributed by atoms with van der Waals surface area (Å²) in [6.45, 7) is 0.596. The van der Waals surface area contributed by atoms with Gasteiger partial charge in [0.2, 0.25) is 0 Å². The van der Waals surface area contributed by atoms with Crippen LogP contribution < -0.4 is 5.32 Å². The summed E-state index contributed by atoms with van der Waals surface area (Å²) in [7, 11) is 0. The molecule has 1 atom stereocenters. The Balaban J connectivity index is 3.83. The highest BCUT2D eigenvalue weighted by Gasteiger charge is 2.29. The van der Waals surface area contributed by atoms with Crippen LogP contribution in [0.2, 0.25) is 0 Å². The highest BCUT2D eigenvalue weighted by Crippen LogP contribution is 2.23. The number of ether oxygens (including phenoxy) is 1. The maximum Gasteiger partial charge on any atom is 0.411 e. The fourth-order valence-corrected chi connectivity index (χ4v) is 1.39. The molecule has 0 aliphatic carbocycles. The van der Waals surface area contributed by atoms with E-state index in [1.54, 1.807) is 6.92 Å². The topological polar surface area (TPSA) is 21.3 Å². The molecule has 0 aromatic rings. The molecular formula is C10H17F6NO. The summed E-state index contributed by atoms with van der Waals surface area (Å²) < 4.78 is 75.6. The number of halogens is 6. The largest absolute Gasteiger partial charge is 0.411 e. The molecule has 0 saturated carbocycles. The van der Waals surface area contributed by atoms with E-state index in [0.717, 1.165) is 0 Å². The van der Waals surface area contributed by atoms with E-state index in [-0.39, 0.29) is 19.4 Å². The lowest BCUT2D eigenvalue weighted by Crippen LogP contribution is -2.32. The van der Waals surface area contributed by atoms with E-state index in [9.17, 15) is 26.3 Å². The molecule has 0 heterocycles. The van der Waals surface area contributed by atoms with Crippen LogP contribution in [0, 0.1) is 0 Å². The van der Waals surface area contributed by atoms with Crippen LogP contribution in [0.15, 0.2) is 0 Å². The van der Waals surface area contributed by atoms with Crippen molar-refractivity contribution in [2.75, 3.05) is 19.8 Å². The van der Waals surface area contributed by atoms with E-state index >= 15 is 0 Å². The van der Waals surface area contributed by atoms with Crippen LogP contribution in [-0.4, -0.2) is 38.2 Å². The van der Waals surface area contributed by atoms with E-state index in [4.69, 9.17) is 0 Å². The second-order valence-electron chi connectivity index (χ2n) is 3.86. The lowest BCUT2D eigenvalue weighted by atomic mass is 10.1. The van der Waals surface area contributed by atoms with Crippen molar-refractivity contribution in [3.8, 4) is 0 Å². The minimum absolute atomic E-state index is 0.125. The van der Waals surface area contributed by atoms with Gasteiger partial charge in [-0.05, 0) is 19.4 Å². The first-order valence-corrected chi connectivity index (χ1v) is 5.58. The van der Waals surface area contributed by atoms with Gasteiger partial charge in [0, 0.05) is 19.1 Å². The van der Waals surface area contributed by atoms with Gasteiger partial charge >= 0.3 is 12.4 Å². The minimum atomic E-state index is -4.40. The van der Waals surface area contributed by atoms with Gasteiger partial charge in [0.15, 0.2) is 0 Å². The van der Waals surface area contributed by atoms with Crippen molar-refractivity contribution < 1.29 is 31.1 Å². The van der Waals surface area contributed by atoms with Crippen LogP contribution in [0.1, 0.15) is 26.2 Å². The summed E-state index contributed by atoms with van der Waals surface area (Å²) >= 11 is 0. The summed E-state index contributed by atoms with van der Waals surface area (Å²) in [6.07, 6.45) is -9.64. The number of hydrogen-bond acceptors (Lipinski definition) is 2. The van der Waals surface area contributed by atoms with Crippen molar-refractivity contribution >= 4 is 0 Å². The molecule has 18 heavy (non-hydrogen) atoms. The zero-order valence-electron chi connectivity index (χ0n) is 10.00. The van der Waals surface area contributed by atoms with E-state index in [1.165, 1.54) is 0 Å². The zero-order chi connectivity index (χ0) is 14.2. The summed E-state index contributed by atoms with van der Waals surface area (Å²) in [5.74, 6) is 0. The van der Waals surface area contributed by atoms with Crippen molar-refractivity contribution in [2.45, 2.75) is 44.6 Å². The molecule has 0 saturated heterocycles. The third-order valence-electron chi connectivity index (χ3n) is 2.15. The van der Waals surface area contributed by atoms with Gasteiger partial charge in [-0.25, -0.2) is 0 Å². The van der Waals surface area contributed by atoms with Gasteiger partial charge < -0.3 is 10.1 Å². The van der Waals surface area contributed by atoms with E-state index in [0.29, 0.717) is 6.54 Å². The van der Waals surface area contributed by atoms with E-state index in [1.807, 2.05) is 0 Å². The molecule has 0 bridgehead atoms. The standard InChI is InChI=1S/C10H17F6NO/c1-2-17-8(3-5-9(11,12)13)4-6-18-7-10(14,15)16/h8,17H,2-7H2,1H3. The Morgan fingerprint density at radius 1 is 1.00 bits per heavy atom. The first-order valence-electron chi connectivity index (χ1n) is 5.58. The molecule has 0 fully saturated rings. The van der Waals surface area contributed by atoms with Crippen molar-refractivity contribution in [1.82, 2.24) is 5.32 Å². The van der Waals surface area contributed by atoms with Gasteiger partial charge in [-0.3, -0.25) is 0 Å². The third kappa shape index (κ3) is 12.0. The predicted molar refractivity (Wildman–Crippen MR) is 54.2 cm³/mol. The van der Waals surface area contributed by atoms with Gasteiger partial charge in [-0.2, -0.15) is 26.3 Å². The number of rotatable bonds is 8. The number of alkyl halides is 6. The van der Waals surface area contributed by atoms with Crippen LogP contribution in [-0.2, 0) is 4.74 Å². The molecular weight excluding hydrogens is 264 g/mol. The summed E-state index contributed by atoms with van der Waals surface area (Å²) in [4.78, 5) is 0. The van der Waals surface area contributed by atoms with E-state index < -0.39 is 31.4 Å². The molecule has 0 aromatic carbocycles. The normalized spacial score (nSPS) is 14.8. The molecule has 2 nitrogen and oxygen atoms in total. The maximum absolute atomic E-state index is 12.0. The average Bonchev–Trinajstić information content (AvgIpc) is 2.18. The van der Waals surface area contributed by atoms with Crippen molar-refractivity contribution in [3.05, 3.63) is 0 Å². The summed E-state index contributed by atoms with van der Waals surface area (Å²) in [5.41, 5.74) is 0. The van der Waals surface area contributed by atoms with Crippen LogP contribution in [0.25, 0.3) is 0 Å². The lowest BCUT2D eigenvalue weighted by Gasteiger charge is -2.19. The summed E-state index contributed by atoms with van der Waals surface area (Å²) in [6, 6.07) is -0.482. The van der Waals surface area contributed by atoms with Crippen molar-refractivity contribution in [3.63, 3.8) is 0 Å². The molecule has 1 N–H and O–H groups in total. The highest BCUT2D eigenvalue weighted by atomic mass is 19.4. The Morgan fingerprint density at radius 3 is 2.06 bits per heavy atom. The molecule has 0 radical (unpaired) electrons. The monoisotopic (exact) mass is 281 g/mol. The zero-order valence-corrected chi connectivity index (χ0v) is 10.00. The Hall–Kier alpha value is -0.500. The second kappa shape index (κ2) is 7.83. The molecule has 0 aliphatic heterocycles. The average molecular weight is 281 g/mol. The first-order chi connectivity index (χ1) is 8.14. The number of hydrogen-bond donors (Lipinski definition) is 1. The number of nitrogens with one attached hydrogen (secondary N) is 1. The Morgan fingerprint density at radius 2 is 1.61 bits per heavy atom. The first kappa shape index (κ1) is 17.5. The fourth-order valence-electron chi connectivity index (χ4n) is 1.39. The second-order valence-corrected chi connectivity index (χ2v) is 3.86. The molecule has 0 aromatic heterocycles. The molecule has 1 unspecified atom stereocenters. The molecule has 0 aliphatic rings. The Bertz CT molecular complexity index is 215. The smallest absolute Gasteiger partial charge is 0.372 e. The molecule has 8 heteroatoms. The van der Waals surface area contributed by atoms with Gasteiger partial charge in [0.1, 0.15) is 6.61 Å². The summed E-state index contributed by atoms with van der Waals surface area (Å²) in [5, 5.41) is 2.79. The van der Waals surface area contributed by atoms with Gasteiger partial charge in [0.25, 0.3) is 0 Å². The maximum atomic E-state index is 12.0. The lowest BCUT2D eigenvalue weighted by molar-refractivity contribution is -0.174. The minimum Gasteiger partial charge on any atom is -0.372 e. The quantitative estimate of drug-likeness (QED) is 0.544. The van der Waals surface area contributed by atoms with Gasteiger partial charge in [0.05, 0.1) is 0 Å². The molecule has 0 spiro atoms. The fraction of sp³-hybridized carbons (Fsp3) is 1.00. The van der Waals surface area contributed by atoms with Crippen LogP contribution in [0.3, 0.4) is 0 Å². The van der Waals surface area contributed by atoms with Gasteiger partial charge in [-0.15, -0.1) is 0 Å². The van der Waals surface area contributed by atoms with Crippen LogP contribution in [0.4, 0.5) is 26.3 Å². The molecule has 0 amide bonds. The van der Waals surface area contributed by atoms with E-state index in [2.05, 4.69) is 10.1 Å². The molecule has 0 rings (SSSR count). The highest BCUT2D eigenvalue weighted by molar-refractivity contribution is 4.68. The van der Waals surface area contributed by atoms with Crippen molar-refractivity contribution in [1.29, 1.82) is 0 Å². The SMILES string of the molecule is CCNC(CCOCC(F)(F)F)CCC(F)(F)F. The van der Waals surface area contributed by atoms with Crippen LogP contribution >= 0.6 is 0 Å².